The molecule has 0 atom stereocenters. The van der Waals surface area contributed by atoms with Crippen LogP contribution in [0.2, 0.25) is 0 Å². The number of rotatable bonds is 4. The predicted molar refractivity (Wildman–Crippen MR) is 107 cm³/mol. The topological polar surface area (TPSA) is 78.8 Å². The molecule has 0 spiro atoms. The van der Waals surface area contributed by atoms with Crippen LogP contribution >= 0.6 is 11.3 Å². The van der Waals surface area contributed by atoms with E-state index in [0.29, 0.717) is 11.9 Å². The van der Waals surface area contributed by atoms with Gasteiger partial charge in [0.2, 0.25) is 0 Å². The molecule has 0 aliphatic heterocycles. The minimum absolute atomic E-state index is 0.386. The summed E-state index contributed by atoms with van der Waals surface area (Å²) in [4.78, 5) is 8.68. The third-order valence-corrected chi connectivity index (χ3v) is 5.71. The lowest BCUT2D eigenvalue weighted by molar-refractivity contribution is 0.479. The van der Waals surface area contributed by atoms with Crippen molar-refractivity contribution in [2.24, 2.45) is 0 Å². The highest BCUT2D eigenvalue weighted by Gasteiger charge is 2.24. The molecule has 4 aromatic rings. The highest BCUT2D eigenvalue weighted by Crippen LogP contribution is 2.37. The molecule has 136 valence electrons. The Bertz CT molecular complexity index is 1070. The zero-order chi connectivity index (χ0) is 18.2. The van der Waals surface area contributed by atoms with Gasteiger partial charge in [0.1, 0.15) is 29.3 Å². The third-order valence-electron chi connectivity index (χ3n) is 5.05. The van der Waals surface area contributed by atoms with Crippen molar-refractivity contribution in [3.05, 3.63) is 47.4 Å². The second-order valence-electron chi connectivity index (χ2n) is 6.77. The minimum atomic E-state index is 0.386. The molecule has 0 bridgehead atoms. The van der Waals surface area contributed by atoms with E-state index in [1.807, 2.05) is 45.8 Å². The van der Waals surface area contributed by atoms with Crippen LogP contribution in [0.5, 0.6) is 11.5 Å². The summed E-state index contributed by atoms with van der Waals surface area (Å²) in [6.45, 7) is 0. The Morgan fingerprint density at radius 3 is 2.59 bits per heavy atom. The maximum atomic E-state index is 6.20. The number of nitrogens with two attached hydrogens (primary N) is 1. The molecule has 7 heteroatoms. The third kappa shape index (κ3) is 2.94. The van der Waals surface area contributed by atoms with Gasteiger partial charge >= 0.3 is 0 Å². The highest BCUT2D eigenvalue weighted by molar-refractivity contribution is 7.08. The van der Waals surface area contributed by atoms with Crippen LogP contribution in [-0.4, -0.2) is 19.7 Å². The number of anilines is 1. The molecule has 5 rings (SSSR count). The van der Waals surface area contributed by atoms with Gasteiger partial charge in [-0.25, -0.2) is 14.6 Å². The average molecular weight is 377 g/mol. The van der Waals surface area contributed by atoms with Gasteiger partial charge in [-0.15, -0.1) is 11.3 Å². The molecule has 1 aromatic carbocycles. The summed E-state index contributed by atoms with van der Waals surface area (Å²) in [5.41, 5.74) is 8.83. The van der Waals surface area contributed by atoms with Crippen LogP contribution < -0.4 is 10.5 Å². The zero-order valence-electron chi connectivity index (χ0n) is 14.7. The molecule has 0 amide bonds. The summed E-state index contributed by atoms with van der Waals surface area (Å²) in [7, 11) is 0. The van der Waals surface area contributed by atoms with E-state index >= 15 is 0 Å². The van der Waals surface area contributed by atoms with Crippen molar-refractivity contribution in [3.63, 3.8) is 0 Å². The fraction of sp³-hybridized carbons (Fsp3) is 0.250. The van der Waals surface area contributed by atoms with Gasteiger partial charge in [0.15, 0.2) is 5.65 Å². The second-order valence-corrected chi connectivity index (χ2v) is 7.55. The van der Waals surface area contributed by atoms with Crippen LogP contribution in [0.4, 0.5) is 5.82 Å². The van der Waals surface area contributed by atoms with E-state index in [-0.39, 0.29) is 0 Å². The molecule has 6 nitrogen and oxygen atoms in total. The Morgan fingerprint density at radius 2 is 1.85 bits per heavy atom. The van der Waals surface area contributed by atoms with Crippen LogP contribution in [0, 0.1) is 0 Å². The van der Waals surface area contributed by atoms with Gasteiger partial charge in [-0.2, -0.15) is 5.10 Å². The molecule has 0 unspecified atom stereocenters. The first-order chi connectivity index (χ1) is 13.3. The summed E-state index contributed by atoms with van der Waals surface area (Å²) in [5, 5.41) is 9.70. The number of aromatic nitrogens is 4. The van der Waals surface area contributed by atoms with Gasteiger partial charge < -0.3 is 10.5 Å². The molecule has 3 heterocycles. The number of ether oxygens (including phenoxy) is 1. The molecular weight excluding hydrogens is 358 g/mol. The number of fused-ring (bicyclic) bond motifs is 1. The summed E-state index contributed by atoms with van der Waals surface area (Å²) in [6, 6.07) is 10.3. The number of hydrogen-bond donors (Lipinski definition) is 1. The van der Waals surface area contributed by atoms with Crippen molar-refractivity contribution in [1.29, 1.82) is 0 Å². The van der Waals surface area contributed by atoms with Crippen molar-refractivity contribution in [1.82, 2.24) is 19.7 Å². The van der Waals surface area contributed by atoms with Crippen LogP contribution in [0.1, 0.15) is 31.7 Å². The first kappa shape index (κ1) is 16.3. The van der Waals surface area contributed by atoms with Gasteiger partial charge in [0, 0.05) is 10.9 Å². The number of nitrogens with zero attached hydrogens (tertiary/aromatic N) is 4. The molecule has 1 saturated carbocycles. The van der Waals surface area contributed by atoms with E-state index in [2.05, 4.69) is 9.97 Å². The van der Waals surface area contributed by atoms with Crippen LogP contribution in [-0.2, 0) is 0 Å². The molecule has 3 aromatic heterocycles. The fourth-order valence-electron chi connectivity index (χ4n) is 3.73. The molecule has 1 aliphatic rings. The minimum Gasteiger partial charge on any atom is -0.457 e. The van der Waals surface area contributed by atoms with Crippen molar-refractivity contribution in [2.75, 3.05) is 5.73 Å². The Kier molecular flexibility index (Phi) is 4.01. The second kappa shape index (κ2) is 6.66. The van der Waals surface area contributed by atoms with Gasteiger partial charge in [0.25, 0.3) is 0 Å². The lowest BCUT2D eigenvalue weighted by atomic mass is 10.1. The monoisotopic (exact) mass is 377 g/mol. The Labute approximate surface area is 160 Å². The Hall–Kier alpha value is -2.93. The molecule has 0 saturated heterocycles. The van der Waals surface area contributed by atoms with Crippen molar-refractivity contribution in [2.45, 2.75) is 31.7 Å². The summed E-state index contributed by atoms with van der Waals surface area (Å²) in [5.74, 6) is 2.11. The standard InChI is InChI=1S/C20H19N5OS/c21-19-17-18(13-5-7-15(8-6-13)26-16-9-10-27-11-16)24-25(14-3-1-2-4-14)20(17)23-12-22-19/h5-12,14H,1-4H2,(H2,21,22,23). The number of nitrogen functional groups attached to an aromatic ring is 1. The van der Waals surface area contributed by atoms with Crippen molar-refractivity contribution in [3.8, 4) is 22.8 Å². The van der Waals surface area contributed by atoms with Crippen LogP contribution in [0.25, 0.3) is 22.3 Å². The molecule has 1 fully saturated rings. The smallest absolute Gasteiger partial charge is 0.164 e. The van der Waals surface area contributed by atoms with Gasteiger partial charge in [-0.3, -0.25) is 0 Å². The van der Waals surface area contributed by atoms with Crippen molar-refractivity contribution < 1.29 is 4.74 Å². The van der Waals surface area contributed by atoms with E-state index in [4.69, 9.17) is 15.6 Å². The predicted octanol–water partition coefficient (Wildman–Crippen LogP) is 5.04. The number of benzene rings is 1. The molecular formula is C20H19N5OS. The lowest BCUT2D eigenvalue weighted by Gasteiger charge is -2.10. The van der Waals surface area contributed by atoms with Gasteiger partial charge in [0.05, 0.1) is 11.4 Å². The van der Waals surface area contributed by atoms with E-state index in [1.165, 1.54) is 19.2 Å². The van der Waals surface area contributed by atoms with E-state index < -0.39 is 0 Å². The molecule has 2 N–H and O–H groups in total. The molecule has 1 aliphatic carbocycles. The van der Waals surface area contributed by atoms with E-state index in [9.17, 15) is 0 Å². The van der Waals surface area contributed by atoms with Crippen molar-refractivity contribution >= 4 is 28.2 Å². The highest BCUT2D eigenvalue weighted by atomic mass is 32.1. The molecule has 0 radical (unpaired) electrons. The fourth-order valence-corrected chi connectivity index (χ4v) is 4.28. The zero-order valence-corrected chi connectivity index (χ0v) is 15.5. The summed E-state index contributed by atoms with van der Waals surface area (Å²) in [6.07, 6.45) is 6.25. The summed E-state index contributed by atoms with van der Waals surface area (Å²) >= 11 is 1.61. The maximum absolute atomic E-state index is 6.20. The molecule has 27 heavy (non-hydrogen) atoms. The normalized spacial score (nSPS) is 14.8. The number of thiophene rings is 1. The first-order valence-corrected chi connectivity index (χ1v) is 10.0. The Balaban J connectivity index is 1.56. The SMILES string of the molecule is Nc1ncnc2c1c(-c1ccc(Oc3ccsc3)cc1)nn2C1CCCC1. The summed E-state index contributed by atoms with van der Waals surface area (Å²) < 4.78 is 7.89. The quantitative estimate of drug-likeness (QED) is 0.539. The average Bonchev–Trinajstić information content (AvgIpc) is 3.43. The van der Waals surface area contributed by atoms with Crippen LogP contribution in [0.15, 0.2) is 47.4 Å². The van der Waals surface area contributed by atoms with Gasteiger partial charge in [-0.05, 0) is 48.6 Å². The number of hydrogen-bond acceptors (Lipinski definition) is 6. The van der Waals surface area contributed by atoms with Crippen LogP contribution in [0.3, 0.4) is 0 Å². The largest absolute Gasteiger partial charge is 0.457 e. The Morgan fingerprint density at radius 1 is 1.04 bits per heavy atom. The van der Waals surface area contributed by atoms with Gasteiger partial charge in [-0.1, -0.05) is 12.8 Å². The lowest BCUT2D eigenvalue weighted by Crippen LogP contribution is -2.07. The van der Waals surface area contributed by atoms with E-state index in [1.54, 1.807) is 11.3 Å². The maximum Gasteiger partial charge on any atom is 0.164 e. The van der Waals surface area contributed by atoms with E-state index in [0.717, 1.165) is 46.6 Å². The first-order valence-electron chi connectivity index (χ1n) is 9.09.